The second-order valence-electron chi connectivity index (χ2n) is 9.85. The predicted octanol–water partition coefficient (Wildman–Crippen LogP) is 2.85. The quantitative estimate of drug-likeness (QED) is 0.395. The molecule has 2 bridgehead atoms. The van der Waals surface area contributed by atoms with Crippen molar-refractivity contribution in [3.05, 3.63) is 67.8 Å². The van der Waals surface area contributed by atoms with Crippen molar-refractivity contribution in [2.75, 3.05) is 31.2 Å². The summed E-state index contributed by atoms with van der Waals surface area (Å²) in [7, 11) is 0. The van der Waals surface area contributed by atoms with E-state index in [1.807, 2.05) is 42.5 Å². The maximum absolute atomic E-state index is 14.4. The standard InChI is InChI=1S/C29H32N2O6/c1-3-14-30(21-11-10-19-8-5-6-9-20(19)18-21)27(34)25-29-13-12-22(37-29)23(28(35)36-17-4-2)24(29)26(33)31(25)15-7-16-32/h3-6,8-11,18,22-25,32H,1-2,7,12-17H2/t22-,23+,24+,25?,29?/m1/s1. The molecule has 37 heavy (non-hydrogen) atoms. The molecule has 194 valence electrons. The summed E-state index contributed by atoms with van der Waals surface area (Å²) in [6, 6.07) is 12.8. The van der Waals surface area contributed by atoms with Crippen LogP contribution in [-0.2, 0) is 23.9 Å². The van der Waals surface area contributed by atoms with Gasteiger partial charge in [-0.15, -0.1) is 6.58 Å². The summed E-state index contributed by atoms with van der Waals surface area (Å²) in [5, 5.41) is 11.6. The molecule has 8 heteroatoms. The third-order valence-electron chi connectivity index (χ3n) is 7.83. The zero-order valence-electron chi connectivity index (χ0n) is 20.8. The molecular formula is C29H32N2O6. The number of likely N-dealkylation sites (tertiary alicyclic amines) is 1. The number of anilines is 1. The van der Waals surface area contributed by atoms with E-state index < -0.39 is 35.6 Å². The second kappa shape index (κ2) is 10.1. The Labute approximate surface area is 216 Å². The highest BCUT2D eigenvalue weighted by Gasteiger charge is 2.75. The monoisotopic (exact) mass is 504 g/mol. The number of carbonyl (C=O) groups is 3. The van der Waals surface area contributed by atoms with Crippen LogP contribution in [0, 0.1) is 11.8 Å². The van der Waals surface area contributed by atoms with Crippen LogP contribution in [0.3, 0.4) is 0 Å². The van der Waals surface area contributed by atoms with Gasteiger partial charge < -0.3 is 24.4 Å². The fourth-order valence-electron chi connectivity index (χ4n) is 6.36. The molecule has 3 saturated heterocycles. The summed E-state index contributed by atoms with van der Waals surface area (Å²) >= 11 is 0. The maximum atomic E-state index is 14.4. The highest BCUT2D eigenvalue weighted by atomic mass is 16.6. The number of aliphatic hydroxyl groups is 1. The van der Waals surface area contributed by atoms with Crippen molar-refractivity contribution in [3.63, 3.8) is 0 Å². The average molecular weight is 505 g/mol. The van der Waals surface area contributed by atoms with Crippen LogP contribution in [-0.4, -0.2) is 71.8 Å². The molecule has 5 atom stereocenters. The number of carbonyl (C=O) groups excluding carboxylic acids is 3. The first-order valence-corrected chi connectivity index (χ1v) is 12.7. The van der Waals surface area contributed by atoms with Crippen molar-refractivity contribution in [1.29, 1.82) is 0 Å². The van der Waals surface area contributed by atoms with Crippen LogP contribution in [0.1, 0.15) is 19.3 Å². The summed E-state index contributed by atoms with van der Waals surface area (Å²) in [6.07, 6.45) is 4.02. The fraction of sp³-hybridized carbons (Fsp3) is 0.414. The number of esters is 1. The van der Waals surface area contributed by atoms with Crippen LogP contribution >= 0.6 is 0 Å². The Morgan fingerprint density at radius 3 is 2.70 bits per heavy atom. The fourth-order valence-corrected chi connectivity index (χ4v) is 6.36. The minimum atomic E-state index is -1.12. The van der Waals surface area contributed by atoms with Crippen LogP contribution in [0.25, 0.3) is 10.8 Å². The first kappa shape index (κ1) is 25.2. The second-order valence-corrected chi connectivity index (χ2v) is 9.85. The summed E-state index contributed by atoms with van der Waals surface area (Å²) < 4.78 is 11.8. The molecule has 3 fully saturated rings. The van der Waals surface area contributed by atoms with Crippen LogP contribution < -0.4 is 4.90 Å². The van der Waals surface area contributed by atoms with E-state index >= 15 is 0 Å². The van der Waals surface area contributed by atoms with Gasteiger partial charge in [0.15, 0.2) is 0 Å². The largest absolute Gasteiger partial charge is 0.461 e. The number of rotatable bonds is 10. The van der Waals surface area contributed by atoms with Gasteiger partial charge in [0.05, 0.1) is 17.9 Å². The van der Waals surface area contributed by atoms with Crippen molar-refractivity contribution in [3.8, 4) is 0 Å². The van der Waals surface area contributed by atoms with Gasteiger partial charge in [-0.25, -0.2) is 0 Å². The average Bonchev–Trinajstić information content (AvgIpc) is 3.56. The molecule has 1 N–H and O–H groups in total. The summed E-state index contributed by atoms with van der Waals surface area (Å²) in [5.41, 5.74) is -0.435. The van der Waals surface area contributed by atoms with Crippen LogP contribution in [0.5, 0.6) is 0 Å². The zero-order chi connectivity index (χ0) is 26.2. The Balaban J connectivity index is 1.54. The summed E-state index contributed by atoms with van der Waals surface area (Å²) in [5.74, 6) is -2.67. The highest BCUT2D eigenvalue weighted by molar-refractivity contribution is 6.05. The normalized spacial score (nSPS) is 27.8. The van der Waals surface area contributed by atoms with Crippen molar-refractivity contribution in [2.45, 2.75) is 37.0 Å². The number of nitrogens with zero attached hydrogens (tertiary/aromatic N) is 2. The van der Waals surface area contributed by atoms with Crippen molar-refractivity contribution >= 4 is 34.2 Å². The molecule has 1 spiro atoms. The predicted molar refractivity (Wildman–Crippen MR) is 139 cm³/mol. The lowest BCUT2D eigenvalue weighted by atomic mass is 9.70. The topological polar surface area (TPSA) is 96.4 Å². The molecule has 0 aliphatic carbocycles. The lowest BCUT2D eigenvalue weighted by Crippen LogP contribution is -2.56. The van der Waals surface area contributed by atoms with Gasteiger partial charge in [0.25, 0.3) is 5.91 Å². The number of benzene rings is 2. The molecule has 2 unspecified atom stereocenters. The van der Waals surface area contributed by atoms with E-state index in [-0.39, 0.29) is 38.1 Å². The van der Waals surface area contributed by atoms with Crippen molar-refractivity contribution < 1.29 is 29.0 Å². The molecule has 3 aliphatic heterocycles. The van der Waals surface area contributed by atoms with Crippen molar-refractivity contribution in [2.24, 2.45) is 11.8 Å². The number of hydrogen-bond donors (Lipinski definition) is 1. The molecule has 2 amide bonds. The Kier molecular flexibility index (Phi) is 6.88. The minimum Gasteiger partial charge on any atom is -0.461 e. The van der Waals surface area contributed by atoms with Gasteiger partial charge >= 0.3 is 5.97 Å². The number of fused-ring (bicyclic) bond motifs is 2. The van der Waals surface area contributed by atoms with Gasteiger partial charge in [-0.1, -0.05) is 49.1 Å². The first-order chi connectivity index (χ1) is 18.0. The summed E-state index contributed by atoms with van der Waals surface area (Å²) in [4.78, 5) is 44.3. The van der Waals surface area contributed by atoms with Crippen LogP contribution in [0.15, 0.2) is 67.8 Å². The van der Waals surface area contributed by atoms with Gasteiger partial charge in [0.2, 0.25) is 5.91 Å². The van der Waals surface area contributed by atoms with E-state index in [1.54, 1.807) is 11.0 Å². The van der Waals surface area contributed by atoms with Crippen molar-refractivity contribution in [1.82, 2.24) is 4.90 Å². The highest BCUT2D eigenvalue weighted by Crippen LogP contribution is 2.59. The Morgan fingerprint density at radius 1 is 1.19 bits per heavy atom. The Hall–Kier alpha value is -3.49. The molecule has 0 radical (unpaired) electrons. The Morgan fingerprint density at radius 2 is 1.97 bits per heavy atom. The molecule has 0 aromatic heterocycles. The molecule has 8 nitrogen and oxygen atoms in total. The van der Waals surface area contributed by atoms with Crippen LogP contribution in [0.4, 0.5) is 5.69 Å². The molecule has 3 heterocycles. The van der Waals surface area contributed by atoms with Gasteiger partial charge in [0, 0.05) is 25.4 Å². The first-order valence-electron chi connectivity index (χ1n) is 12.7. The third kappa shape index (κ3) is 4.04. The lowest BCUT2D eigenvalue weighted by Gasteiger charge is -2.36. The van der Waals surface area contributed by atoms with E-state index in [1.165, 1.54) is 11.0 Å². The maximum Gasteiger partial charge on any atom is 0.312 e. The van der Waals surface area contributed by atoms with Gasteiger partial charge in [-0.2, -0.15) is 0 Å². The molecular weight excluding hydrogens is 472 g/mol. The SMILES string of the molecule is C=CCOC(=O)[C@@H]1[C@H]2C(=O)N(CCCO)C(C(=O)N(CC=C)c3ccc4ccccc4c3)C23CC[C@H]1O3. The number of hydrogen-bond acceptors (Lipinski definition) is 6. The van der Waals surface area contributed by atoms with E-state index in [0.29, 0.717) is 24.9 Å². The van der Waals surface area contributed by atoms with Gasteiger partial charge in [-0.05, 0) is 42.2 Å². The smallest absolute Gasteiger partial charge is 0.312 e. The van der Waals surface area contributed by atoms with Gasteiger partial charge in [0.1, 0.15) is 18.2 Å². The minimum absolute atomic E-state index is 0.0433. The zero-order valence-corrected chi connectivity index (χ0v) is 20.8. The van der Waals surface area contributed by atoms with E-state index in [9.17, 15) is 19.5 Å². The lowest BCUT2D eigenvalue weighted by molar-refractivity contribution is -0.154. The van der Waals surface area contributed by atoms with E-state index in [2.05, 4.69) is 13.2 Å². The van der Waals surface area contributed by atoms with E-state index in [0.717, 1.165) is 10.8 Å². The third-order valence-corrected chi connectivity index (χ3v) is 7.83. The molecule has 2 aromatic carbocycles. The molecule has 3 aliphatic rings. The number of amides is 2. The molecule has 0 saturated carbocycles. The van der Waals surface area contributed by atoms with E-state index in [4.69, 9.17) is 9.47 Å². The molecule has 2 aromatic rings. The Bertz CT molecular complexity index is 1240. The van der Waals surface area contributed by atoms with Gasteiger partial charge in [-0.3, -0.25) is 14.4 Å². The number of aliphatic hydroxyl groups excluding tert-OH is 1. The van der Waals surface area contributed by atoms with Crippen LogP contribution in [0.2, 0.25) is 0 Å². The summed E-state index contributed by atoms with van der Waals surface area (Å²) in [6.45, 7) is 7.78. The number of ether oxygens (including phenoxy) is 2. The molecule has 5 rings (SSSR count).